The van der Waals surface area contributed by atoms with E-state index in [9.17, 15) is 4.79 Å². The molecule has 2 aromatic rings. The smallest absolute Gasteiger partial charge is 0.246 e. The average molecular weight is 312 g/mol. The van der Waals surface area contributed by atoms with Crippen LogP contribution in [0, 0.1) is 0 Å². The van der Waals surface area contributed by atoms with Gasteiger partial charge in [-0.05, 0) is 25.3 Å². The van der Waals surface area contributed by atoms with Crippen LogP contribution in [0.25, 0.3) is 0 Å². The van der Waals surface area contributed by atoms with Crippen LogP contribution in [0.3, 0.4) is 0 Å². The molecule has 1 fully saturated rings. The van der Waals surface area contributed by atoms with Crippen LogP contribution in [0.4, 0.5) is 5.69 Å². The van der Waals surface area contributed by atoms with Crippen molar-refractivity contribution < 1.29 is 9.53 Å². The Bertz CT molecular complexity index is 708. The van der Waals surface area contributed by atoms with E-state index in [1.54, 1.807) is 6.20 Å². The number of para-hydroxylation sites is 1. The SMILES string of the molecule is O=C(Nc1cnn(C2CCC2)c1)C1NCCOc2ccccc21. The van der Waals surface area contributed by atoms with Crippen molar-refractivity contribution in [3.05, 3.63) is 42.2 Å². The monoisotopic (exact) mass is 312 g/mol. The number of hydrogen-bond acceptors (Lipinski definition) is 4. The second-order valence-corrected chi connectivity index (χ2v) is 6.06. The van der Waals surface area contributed by atoms with Gasteiger partial charge < -0.3 is 10.1 Å². The van der Waals surface area contributed by atoms with Gasteiger partial charge in [0.1, 0.15) is 18.4 Å². The fourth-order valence-electron chi connectivity index (χ4n) is 3.03. The van der Waals surface area contributed by atoms with E-state index in [0.29, 0.717) is 19.2 Å². The Kier molecular flexibility index (Phi) is 3.75. The van der Waals surface area contributed by atoms with Crippen LogP contribution >= 0.6 is 0 Å². The predicted molar refractivity (Wildman–Crippen MR) is 86.4 cm³/mol. The summed E-state index contributed by atoms with van der Waals surface area (Å²) in [5, 5.41) is 10.6. The number of hydrogen-bond donors (Lipinski definition) is 2. The third-order valence-corrected chi connectivity index (χ3v) is 4.52. The summed E-state index contributed by atoms with van der Waals surface area (Å²) in [4.78, 5) is 12.7. The Morgan fingerprint density at radius 1 is 1.35 bits per heavy atom. The average Bonchev–Trinajstić information content (AvgIpc) is 2.83. The molecule has 120 valence electrons. The van der Waals surface area contributed by atoms with Crippen LogP contribution in [0.15, 0.2) is 36.7 Å². The van der Waals surface area contributed by atoms with Crippen molar-refractivity contribution in [3.63, 3.8) is 0 Å². The molecule has 4 rings (SSSR count). The van der Waals surface area contributed by atoms with Crippen LogP contribution in [-0.4, -0.2) is 28.8 Å². The highest BCUT2D eigenvalue weighted by Crippen LogP contribution is 2.32. The molecule has 6 nitrogen and oxygen atoms in total. The number of anilines is 1. The lowest BCUT2D eigenvalue weighted by Crippen LogP contribution is -2.33. The topological polar surface area (TPSA) is 68.2 Å². The fourth-order valence-corrected chi connectivity index (χ4v) is 3.03. The summed E-state index contributed by atoms with van der Waals surface area (Å²) in [7, 11) is 0. The third-order valence-electron chi connectivity index (χ3n) is 4.52. The molecule has 2 aliphatic rings. The molecule has 1 saturated carbocycles. The number of carbonyl (C=O) groups excluding carboxylic acids is 1. The molecule has 1 aliphatic carbocycles. The van der Waals surface area contributed by atoms with Crippen LogP contribution in [0.2, 0.25) is 0 Å². The summed E-state index contributed by atoms with van der Waals surface area (Å²) < 4.78 is 7.63. The Hall–Kier alpha value is -2.34. The largest absolute Gasteiger partial charge is 0.492 e. The zero-order valence-corrected chi connectivity index (χ0v) is 12.9. The number of ether oxygens (including phenoxy) is 1. The number of benzene rings is 1. The Labute approximate surface area is 134 Å². The summed E-state index contributed by atoms with van der Waals surface area (Å²) >= 11 is 0. The van der Waals surface area contributed by atoms with Gasteiger partial charge >= 0.3 is 0 Å². The normalized spacial score (nSPS) is 20.8. The number of aromatic nitrogens is 2. The number of amides is 1. The van der Waals surface area contributed by atoms with Crippen molar-refractivity contribution >= 4 is 11.6 Å². The summed E-state index contributed by atoms with van der Waals surface area (Å²) in [5.41, 5.74) is 1.61. The first-order valence-electron chi connectivity index (χ1n) is 8.11. The van der Waals surface area contributed by atoms with E-state index in [1.165, 1.54) is 19.3 Å². The molecular weight excluding hydrogens is 292 g/mol. The molecule has 1 aromatic heterocycles. The van der Waals surface area contributed by atoms with Crippen molar-refractivity contribution in [3.8, 4) is 5.75 Å². The van der Waals surface area contributed by atoms with Crippen molar-refractivity contribution in [2.24, 2.45) is 0 Å². The lowest BCUT2D eigenvalue weighted by Gasteiger charge is -2.25. The molecule has 0 saturated heterocycles. The van der Waals surface area contributed by atoms with Crippen LogP contribution < -0.4 is 15.4 Å². The van der Waals surface area contributed by atoms with E-state index in [1.807, 2.05) is 35.1 Å². The zero-order chi connectivity index (χ0) is 15.6. The first-order valence-corrected chi connectivity index (χ1v) is 8.11. The number of fused-ring (bicyclic) bond motifs is 1. The molecule has 1 atom stereocenters. The number of carbonyl (C=O) groups is 1. The van der Waals surface area contributed by atoms with Gasteiger partial charge in [-0.3, -0.25) is 14.8 Å². The van der Waals surface area contributed by atoms with Crippen molar-refractivity contribution in [2.45, 2.75) is 31.3 Å². The molecule has 0 radical (unpaired) electrons. The van der Waals surface area contributed by atoms with Crippen LogP contribution in [0.5, 0.6) is 5.75 Å². The van der Waals surface area contributed by atoms with E-state index in [4.69, 9.17) is 4.74 Å². The van der Waals surface area contributed by atoms with E-state index in [0.717, 1.165) is 17.0 Å². The molecule has 2 N–H and O–H groups in total. The number of nitrogens with one attached hydrogen (secondary N) is 2. The minimum Gasteiger partial charge on any atom is -0.492 e. The maximum Gasteiger partial charge on any atom is 0.246 e. The van der Waals surface area contributed by atoms with E-state index in [-0.39, 0.29) is 5.91 Å². The van der Waals surface area contributed by atoms with Gasteiger partial charge in [-0.15, -0.1) is 0 Å². The highest BCUT2D eigenvalue weighted by molar-refractivity contribution is 5.95. The van der Waals surface area contributed by atoms with Gasteiger partial charge in [0.2, 0.25) is 5.91 Å². The molecule has 1 unspecified atom stereocenters. The molecule has 0 bridgehead atoms. The lowest BCUT2D eigenvalue weighted by molar-refractivity contribution is -0.118. The predicted octanol–water partition coefficient (Wildman–Crippen LogP) is 2.27. The van der Waals surface area contributed by atoms with Gasteiger partial charge in [0.25, 0.3) is 0 Å². The van der Waals surface area contributed by atoms with Gasteiger partial charge in [0, 0.05) is 18.3 Å². The van der Waals surface area contributed by atoms with Gasteiger partial charge in [-0.2, -0.15) is 5.10 Å². The number of nitrogens with zero attached hydrogens (tertiary/aromatic N) is 2. The first-order chi connectivity index (χ1) is 11.3. The highest BCUT2D eigenvalue weighted by Gasteiger charge is 2.26. The Morgan fingerprint density at radius 3 is 3.04 bits per heavy atom. The molecule has 6 heteroatoms. The Morgan fingerprint density at radius 2 is 2.22 bits per heavy atom. The summed E-state index contributed by atoms with van der Waals surface area (Å²) in [6.07, 6.45) is 7.24. The maximum atomic E-state index is 12.7. The quantitative estimate of drug-likeness (QED) is 0.912. The van der Waals surface area contributed by atoms with E-state index >= 15 is 0 Å². The van der Waals surface area contributed by atoms with Crippen LogP contribution in [0.1, 0.15) is 36.9 Å². The molecule has 23 heavy (non-hydrogen) atoms. The number of rotatable bonds is 3. The first kappa shape index (κ1) is 14.3. The molecule has 2 heterocycles. The summed E-state index contributed by atoms with van der Waals surface area (Å²) in [6, 6.07) is 7.74. The van der Waals surface area contributed by atoms with E-state index < -0.39 is 6.04 Å². The third kappa shape index (κ3) is 2.82. The lowest BCUT2D eigenvalue weighted by atomic mass is 9.93. The van der Waals surface area contributed by atoms with Gasteiger partial charge in [0.05, 0.1) is 17.9 Å². The Balaban J connectivity index is 1.51. The second kappa shape index (κ2) is 6.04. The molecule has 1 aromatic carbocycles. The molecule has 0 spiro atoms. The minimum atomic E-state index is -0.416. The van der Waals surface area contributed by atoms with Crippen LogP contribution in [-0.2, 0) is 4.79 Å². The maximum absolute atomic E-state index is 12.7. The zero-order valence-electron chi connectivity index (χ0n) is 12.9. The minimum absolute atomic E-state index is 0.0869. The standard InChI is InChI=1S/C17H20N4O2/c22-17(20-12-10-19-21(11-12)13-4-3-5-13)16-14-6-1-2-7-15(14)23-9-8-18-16/h1-2,6-7,10-11,13,16,18H,3-5,8-9H2,(H,20,22). The van der Waals surface area contributed by atoms with Crippen molar-refractivity contribution in [2.75, 3.05) is 18.5 Å². The second-order valence-electron chi connectivity index (χ2n) is 6.06. The van der Waals surface area contributed by atoms with Gasteiger partial charge in [-0.1, -0.05) is 18.2 Å². The summed E-state index contributed by atoms with van der Waals surface area (Å²) in [5.74, 6) is 0.680. The van der Waals surface area contributed by atoms with Crippen molar-refractivity contribution in [1.82, 2.24) is 15.1 Å². The molecule has 1 aliphatic heterocycles. The van der Waals surface area contributed by atoms with Crippen molar-refractivity contribution in [1.29, 1.82) is 0 Å². The highest BCUT2D eigenvalue weighted by atomic mass is 16.5. The molecular formula is C17H20N4O2. The molecule has 1 amide bonds. The van der Waals surface area contributed by atoms with E-state index in [2.05, 4.69) is 15.7 Å². The summed E-state index contributed by atoms with van der Waals surface area (Å²) in [6.45, 7) is 1.19. The van der Waals surface area contributed by atoms with Gasteiger partial charge in [0.15, 0.2) is 0 Å². The van der Waals surface area contributed by atoms with Gasteiger partial charge in [-0.25, -0.2) is 0 Å². The fraction of sp³-hybridized carbons (Fsp3) is 0.412.